The van der Waals surface area contributed by atoms with Gasteiger partial charge in [-0.25, -0.2) is 0 Å². The van der Waals surface area contributed by atoms with Crippen LogP contribution in [0.25, 0.3) is 11.1 Å². The van der Waals surface area contributed by atoms with Gasteiger partial charge in [0.05, 0.1) is 5.66 Å². The summed E-state index contributed by atoms with van der Waals surface area (Å²) >= 11 is 1.63. The molecule has 1 heterocycles. The molecule has 0 saturated heterocycles. The van der Waals surface area contributed by atoms with E-state index in [2.05, 4.69) is 5.38 Å². The van der Waals surface area contributed by atoms with Gasteiger partial charge in [0.25, 0.3) is 0 Å². The third-order valence-electron chi connectivity index (χ3n) is 2.89. The highest BCUT2D eigenvalue weighted by atomic mass is 32.1. The average molecular weight is 282 g/mol. The van der Waals surface area contributed by atoms with Crippen molar-refractivity contribution in [2.75, 3.05) is 0 Å². The molecule has 0 saturated carbocycles. The molecule has 1 unspecified atom stereocenters. The van der Waals surface area contributed by atoms with Crippen molar-refractivity contribution in [2.45, 2.75) is 19.0 Å². The summed E-state index contributed by atoms with van der Waals surface area (Å²) in [7, 11) is -4.00. The van der Waals surface area contributed by atoms with E-state index in [1.54, 1.807) is 18.3 Å². The lowest BCUT2D eigenvalue weighted by atomic mass is 10.0. The van der Waals surface area contributed by atoms with E-state index < -0.39 is 13.3 Å². The number of rotatable bonds is 4. The number of hydrogen-bond donors (Lipinski definition) is 2. The van der Waals surface area contributed by atoms with E-state index in [1.165, 1.54) is 0 Å². The lowest BCUT2D eigenvalue weighted by molar-refractivity contribution is 0.360. The Morgan fingerprint density at radius 3 is 2.67 bits per heavy atom. The summed E-state index contributed by atoms with van der Waals surface area (Å²) < 4.78 is 11.1. The van der Waals surface area contributed by atoms with Gasteiger partial charge in [-0.15, -0.1) is 0 Å². The van der Waals surface area contributed by atoms with Gasteiger partial charge >= 0.3 is 7.60 Å². The topological polar surface area (TPSA) is 57.5 Å². The van der Waals surface area contributed by atoms with Crippen LogP contribution in [0.1, 0.15) is 12.5 Å². The van der Waals surface area contributed by atoms with Gasteiger partial charge in [-0.2, -0.15) is 11.3 Å². The van der Waals surface area contributed by atoms with Crippen LogP contribution in [-0.2, 0) is 11.0 Å². The van der Waals surface area contributed by atoms with Crippen LogP contribution in [0.15, 0.2) is 41.1 Å². The summed E-state index contributed by atoms with van der Waals surface area (Å²) in [5.41, 5.74) is 2.54. The van der Waals surface area contributed by atoms with E-state index >= 15 is 0 Å². The van der Waals surface area contributed by atoms with Gasteiger partial charge in [0.2, 0.25) is 0 Å². The van der Waals surface area contributed by atoms with E-state index in [1.807, 2.05) is 35.7 Å². The summed E-state index contributed by atoms with van der Waals surface area (Å²) in [5, 5.41) is 4.08. The SMILES string of the molecule is CC(Cc1cccc(-c2ccsc2)c1)P(=O)(O)O. The van der Waals surface area contributed by atoms with Crippen molar-refractivity contribution in [3.63, 3.8) is 0 Å². The lowest BCUT2D eigenvalue weighted by Crippen LogP contribution is -2.06. The molecule has 1 atom stereocenters. The zero-order valence-electron chi connectivity index (χ0n) is 9.98. The van der Waals surface area contributed by atoms with Crippen molar-refractivity contribution in [2.24, 2.45) is 0 Å². The molecule has 2 N–H and O–H groups in total. The molecule has 18 heavy (non-hydrogen) atoms. The first kappa shape index (κ1) is 13.5. The van der Waals surface area contributed by atoms with Gasteiger partial charge in [-0.1, -0.05) is 31.2 Å². The summed E-state index contributed by atoms with van der Waals surface area (Å²) in [6.07, 6.45) is 0.391. The van der Waals surface area contributed by atoms with Crippen LogP contribution in [0.4, 0.5) is 0 Å². The van der Waals surface area contributed by atoms with Crippen LogP contribution >= 0.6 is 18.9 Å². The van der Waals surface area contributed by atoms with Crippen LogP contribution in [0.3, 0.4) is 0 Å². The van der Waals surface area contributed by atoms with Gasteiger partial charge in [0.15, 0.2) is 0 Å². The number of hydrogen-bond acceptors (Lipinski definition) is 2. The molecule has 2 rings (SSSR count). The summed E-state index contributed by atoms with van der Waals surface area (Å²) in [6.45, 7) is 1.58. The predicted octanol–water partition coefficient (Wildman–Crippen LogP) is 3.52. The molecule has 3 nitrogen and oxygen atoms in total. The van der Waals surface area contributed by atoms with Gasteiger partial charge in [-0.3, -0.25) is 4.57 Å². The van der Waals surface area contributed by atoms with Gasteiger partial charge in [-0.05, 0) is 39.9 Å². The fourth-order valence-corrected chi connectivity index (χ4v) is 2.88. The first-order valence-corrected chi connectivity index (χ1v) is 8.26. The average Bonchev–Trinajstić information content (AvgIpc) is 2.81. The molecule has 0 bridgehead atoms. The zero-order valence-corrected chi connectivity index (χ0v) is 11.7. The second-order valence-corrected chi connectivity index (χ2v) is 7.19. The standard InChI is InChI=1S/C13H15O3PS/c1-10(17(14,15)16)7-11-3-2-4-12(8-11)13-5-6-18-9-13/h2-6,8-10H,7H2,1H3,(H2,14,15,16). The smallest absolute Gasteiger partial charge is 0.324 e. The van der Waals surface area contributed by atoms with E-state index in [9.17, 15) is 4.57 Å². The Kier molecular flexibility index (Phi) is 4.03. The minimum absolute atomic E-state index is 0.391. The Balaban J connectivity index is 2.21. The molecule has 96 valence electrons. The summed E-state index contributed by atoms with van der Waals surface area (Å²) in [5.74, 6) is 0. The van der Waals surface area contributed by atoms with E-state index in [0.717, 1.165) is 16.7 Å². The lowest BCUT2D eigenvalue weighted by Gasteiger charge is -2.13. The maximum Gasteiger partial charge on any atom is 0.328 e. The molecule has 1 aromatic carbocycles. The Morgan fingerprint density at radius 2 is 2.06 bits per heavy atom. The monoisotopic (exact) mass is 282 g/mol. The summed E-state index contributed by atoms with van der Waals surface area (Å²) in [6, 6.07) is 9.87. The Morgan fingerprint density at radius 1 is 1.28 bits per heavy atom. The third-order valence-corrected chi connectivity index (χ3v) is 4.90. The third kappa shape index (κ3) is 3.30. The van der Waals surface area contributed by atoms with Gasteiger partial charge in [0, 0.05) is 0 Å². The van der Waals surface area contributed by atoms with Crippen LogP contribution in [0, 0.1) is 0 Å². The Hall–Kier alpha value is -0.930. The highest BCUT2D eigenvalue weighted by Crippen LogP contribution is 2.42. The minimum atomic E-state index is -4.00. The van der Waals surface area contributed by atoms with Crippen LogP contribution in [-0.4, -0.2) is 15.4 Å². The fourth-order valence-electron chi connectivity index (χ4n) is 1.77. The maximum absolute atomic E-state index is 11.1. The van der Waals surface area contributed by atoms with E-state index in [-0.39, 0.29) is 0 Å². The molecule has 0 aliphatic heterocycles. The molecule has 0 spiro atoms. The van der Waals surface area contributed by atoms with E-state index in [4.69, 9.17) is 9.79 Å². The minimum Gasteiger partial charge on any atom is -0.324 e. The molecular formula is C13H15O3PS. The zero-order chi connectivity index (χ0) is 13.2. The van der Waals surface area contributed by atoms with Crippen molar-refractivity contribution in [3.8, 4) is 11.1 Å². The largest absolute Gasteiger partial charge is 0.328 e. The highest BCUT2D eigenvalue weighted by Gasteiger charge is 2.23. The van der Waals surface area contributed by atoms with Gasteiger partial charge in [0.1, 0.15) is 0 Å². The van der Waals surface area contributed by atoms with Gasteiger partial charge < -0.3 is 9.79 Å². The second-order valence-electron chi connectivity index (χ2n) is 4.35. The fraction of sp³-hybridized carbons (Fsp3) is 0.231. The van der Waals surface area contributed by atoms with Crippen LogP contribution in [0.2, 0.25) is 0 Å². The maximum atomic E-state index is 11.1. The highest BCUT2D eigenvalue weighted by molar-refractivity contribution is 7.52. The quantitative estimate of drug-likeness (QED) is 0.843. The molecule has 0 aliphatic carbocycles. The first-order valence-electron chi connectivity index (χ1n) is 5.63. The Labute approximate surface area is 110 Å². The number of benzene rings is 1. The molecule has 0 aliphatic rings. The normalized spacial score (nSPS) is 13.5. The van der Waals surface area contributed by atoms with Crippen molar-refractivity contribution in [3.05, 3.63) is 46.7 Å². The van der Waals surface area contributed by atoms with Crippen molar-refractivity contribution in [1.82, 2.24) is 0 Å². The first-order chi connectivity index (χ1) is 8.47. The molecule has 0 amide bonds. The van der Waals surface area contributed by atoms with Crippen molar-refractivity contribution < 1.29 is 14.4 Å². The van der Waals surface area contributed by atoms with Crippen LogP contribution in [0.5, 0.6) is 0 Å². The molecule has 5 heteroatoms. The second kappa shape index (κ2) is 5.37. The van der Waals surface area contributed by atoms with E-state index in [0.29, 0.717) is 6.42 Å². The van der Waals surface area contributed by atoms with Crippen molar-refractivity contribution >= 4 is 18.9 Å². The predicted molar refractivity (Wildman–Crippen MR) is 75.0 cm³/mol. The van der Waals surface area contributed by atoms with Crippen molar-refractivity contribution in [1.29, 1.82) is 0 Å². The van der Waals surface area contributed by atoms with Crippen LogP contribution < -0.4 is 0 Å². The molecule has 0 fully saturated rings. The molecule has 2 aromatic rings. The summed E-state index contributed by atoms with van der Waals surface area (Å²) in [4.78, 5) is 18.2. The molecule has 1 aromatic heterocycles. The molecular weight excluding hydrogens is 267 g/mol. The molecule has 0 radical (unpaired) electrons. The Bertz CT molecular complexity index is 559. The number of thiophene rings is 1.